The Labute approximate surface area is 198 Å². The molecule has 0 heteroatoms. The Bertz CT molecular complexity index is 457. The molecule has 0 saturated heterocycles. The van der Waals surface area contributed by atoms with Crippen LogP contribution in [-0.2, 0) is 0 Å². The minimum atomic E-state index is 0.467. The Kier molecular flexibility index (Phi) is 11.5. The summed E-state index contributed by atoms with van der Waals surface area (Å²) in [5, 5.41) is 0. The lowest BCUT2D eigenvalue weighted by molar-refractivity contribution is 0.146. The summed E-state index contributed by atoms with van der Waals surface area (Å²) in [5.74, 6) is 7.88. The maximum Gasteiger partial charge on any atom is -0.0354 e. The van der Waals surface area contributed by atoms with E-state index in [0.717, 1.165) is 47.3 Å². The Morgan fingerprint density at radius 3 is 1.84 bits per heavy atom. The van der Waals surface area contributed by atoms with Gasteiger partial charge in [-0.05, 0) is 78.4 Å². The highest BCUT2D eigenvalue weighted by atomic mass is 14.5. The monoisotopic (exact) mass is 432 g/mol. The second-order valence-corrected chi connectivity index (χ2v) is 13.4. The number of rotatable bonds is 17. The van der Waals surface area contributed by atoms with Crippen molar-refractivity contribution in [1.29, 1.82) is 0 Å². The lowest BCUT2D eigenvalue weighted by atomic mass is 9.70. The summed E-state index contributed by atoms with van der Waals surface area (Å²) in [7, 11) is 0. The van der Waals surface area contributed by atoms with Gasteiger partial charge in [0, 0.05) is 0 Å². The summed E-state index contributed by atoms with van der Waals surface area (Å²) in [6.45, 7) is 19.9. The first-order valence-electron chi connectivity index (χ1n) is 14.7. The van der Waals surface area contributed by atoms with Gasteiger partial charge in [0.25, 0.3) is 0 Å². The van der Waals surface area contributed by atoms with Crippen LogP contribution in [0, 0.1) is 52.8 Å². The van der Waals surface area contributed by atoms with Crippen molar-refractivity contribution in [2.45, 2.75) is 145 Å². The zero-order valence-electron chi connectivity index (χ0n) is 23.0. The molecule has 2 aliphatic rings. The highest BCUT2D eigenvalue weighted by molar-refractivity contribution is 4.94. The molecule has 0 amide bonds. The van der Waals surface area contributed by atoms with Crippen LogP contribution in [0.25, 0.3) is 0 Å². The van der Waals surface area contributed by atoms with E-state index in [0.29, 0.717) is 5.41 Å². The molecule has 2 saturated carbocycles. The van der Waals surface area contributed by atoms with Gasteiger partial charge in [0.15, 0.2) is 0 Å². The van der Waals surface area contributed by atoms with Crippen LogP contribution in [0.3, 0.4) is 0 Å². The highest BCUT2D eigenvalue weighted by Crippen LogP contribution is 2.54. The Balaban J connectivity index is 1.82. The van der Waals surface area contributed by atoms with Gasteiger partial charge in [-0.2, -0.15) is 0 Å². The molecule has 6 unspecified atom stereocenters. The van der Waals surface area contributed by atoms with Crippen molar-refractivity contribution in [1.82, 2.24) is 0 Å². The van der Waals surface area contributed by atoms with Crippen LogP contribution in [-0.4, -0.2) is 0 Å². The van der Waals surface area contributed by atoms with E-state index >= 15 is 0 Å². The van der Waals surface area contributed by atoms with E-state index in [-0.39, 0.29) is 0 Å². The van der Waals surface area contributed by atoms with Crippen LogP contribution in [0.1, 0.15) is 145 Å². The SMILES string of the molecule is CCCCCC(CCCCC)C(C)CC(C)C1CC1CC(CC1CC1)C(C)C(C)(C)C. The van der Waals surface area contributed by atoms with Gasteiger partial charge in [-0.1, -0.05) is 120 Å². The predicted molar refractivity (Wildman–Crippen MR) is 140 cm³/mol. The molecule has 184 valence electrons. The van der Waals surface area contributed by atoms with Gasteiger partial charge in [-0.25, -0.2) is 0 Å². The van der Waals surface area contributed by atoms with Crippen LogP contribution < -0.4 is 0 Å². The fourth-order valence-electron chi connectivity index (χ4n) is 6.60. The molecule has 0 aromatic rings. The van der Waals surface area contributed by atoms with Crippen LogP contribution in [0.4, 0.5) is 0 Å². The van der Waals surface area contributed by atoms with E-state index in [4.69, 9.17) is 0 Å². The third kappa shape index (κ3) is 9.80. The second kappa shape index (κ2) is 13.0. The summed E-state index contributed by atoms with van der Waals surface area (Å²) < 4.78 is 0. The quantitative estimate of drug-likeness (QED) is 0.200. The Hall–Kier alpha value is 0. The standard InChI is InChI=1S/C31H60/c1-9-11-13-15-27(16-14-12-10-2)23(3)19-24(4)30-22-29(30)21-28(20-26-17-18-26)25(5)31(6,7)8/h23-30H,9-22H2,1-8H3. The maximum absolute atomic E-state index is 2.61. The maximum atomic E-state index is 2.61. The molecule has 0 radical (unpaired) electrons. The topological polar surface area (TPSA) is 0 Å². The lowest BCUT2D eigenvalue weighted by Crippen LogP contribution is -2.27. The van der Waals surface area contributed by atoms with Crippen molar-refractivity contribution in [3.8, 4) is 0 Å². The normalized spacial score (nSPS) is 25.5. The smallest absolute Gasteiger partial charge is 0.0354 e. The van der Waals surface area contributed by atoms with Gasteiger partial charge >= 0.3 is 0 Å². The summed E-state index contributed by atoms with van der Waals surface area (Å²) in [6, 6.07) is 0. The third-order valence-electron chi connectivity index (χ3n) is 9.63. The summed E-state index contributed by atoms with van der Waals surface area (Å²) >= 11 is 0. The lowest BCUT2D eigenvalue weighted by Gasteiger charge is -2.35. The van der Waals surface area contributed by atoms with E-state index in [1.54, 1.807) is 6.42 Å². The van der Waals surface area contributed by atoms with Crippen molar-refractivity contribution >= 4 is 0 Å². The fraction of sp³-hybridized carbons (Fsp3) is 1.00. The van der Waals surface area contributed by atoms with E-state index < -0.39 is 0 Å². The molecule has 0 heterocycles. The first kappa shape index (κ1) is 27.2. The van der Waals surface area contributed by atoms with E-state index in [9.17, 15) is 0 Å². The molecule has 2 rings (SSSR count). The largest absolute Gasteiger partial charge is 0.0654 e. The van der Waals surface area contributed by atoms with Crippen molar-refractivity contribution < 1.29 is 0 Å². The molecule has 2 fully saturated rings. The number of unbranched alkanes of at least 4 members (excludes halogenated alkanes) is 4. The van der Waals surface area contributed by atoms with Gasteiger partial charge in [-0.3, -0.25) is 0 Å². The highest BCUT2D eigenvalue weighted by Gasteiger charge is 2.44. The molecule has 0 bridgehead atoms. The molecular weight excluding hydrogens is 372 g/mol. The summed E-state index contributed by atoms with van der Waals surface area (Å²) in [4.78, 5) is 0. The van der Waals surface area contributed by atoms with E-state index in [1.807, 2.05) is 0 Å². The van der Waals surface area contributed by atoms with Crippen molar-refractivity contribution in [2.75, 3.05) is 0 Å². The fourth-order valence-corrected chi connectivity index (χ4v) is 6.60. The van der Waals surface area contributed by atoms with Crippen LogP contribution in [0.5, 0.6) is 0 Å². The molecule has 0 aromatic carbocycles. The first-order valence-corrected chi connectivity index (χ1v) is 14.7. The van der Waals surface area contributed by atoms with E-state index in [2.05, 4.69) is 55.4 Å². The van der Waals surface area contributed by atoms with Gasteiger partial charge in [0.1, 0.15) is 0 Å². The van der Waals surface area contributed by atoms with Gasteiger partial charge < -0.3 is 0 Å². The predicted octanol–water partition coefficient (Wildman–Crippen LogP) is 10.6. The Morgan fingerprint density at radius 2 is 1.35 bits per heavy atom. The zero-order chi connectivity index (χ0) is 23.0. The molecule has 31 heavy (non-hydrogen) atoms. The molecule has 0 nitrogen and oxygen atoms in total. The first-order chi connectivity index (χ1) is 14.7. The van der Waals surface area contributed by atoms with Crippen LogP contribution in [0.15, 0.2) is 0 Å². The van der Waals surface area contributed by atoms with Crippen molar-refractivity contribution in [3.63, 3.8) is 0 Å². The molecule has 2 aliphatic carbocycles. The average Bonchev–Trinajstić information content (AvgIpc) is 3.61. The van der Waals surface area contributed by atoms with Gasteiger partial charge in [-0.15, -0.1) is 0 Å². The third-order valence-corrected chi connectivity index (χ3v) is 9.63. The zero-order valence-corrected chi connectivity index (χ0v) is 23.0. The minimum absolute atomic E-state index is 0.467. The van der Waals surface area contributed by atoms with E-state index in [1.165, 1.54) is 83.5 Å². The van der Waals surface area contributed by atoms with Gasteiger partial charge in [0.2, 0.25) is 0 Å². The summed E-state index contributed by atoms with van der Waals surface area (Å²) in [5.41, 5.74) is 0.467. The minimum Gasteiger partial charge on any atom is -0.0654 e. The molecule has 0 aliphatic heterocycles. The molecule has 0 aromatic heterocycles. The molecule has 0 spiro atoms. The van der Waals surface area contributed by atoms with Crippen molar-refractivity contribution in [3.05, 3.63) is 0 Å². The summed E-state index contributed by atoms with van der Waals surface area (Å²) in [6.07, 6.45) is 20.7. The van der Waals surface area contributed by atoms with Crippen molar-refractivity contribution in [2.24, 2.45) is 52.8 Å². The van der Waals surface area contributed by atoms with Crippen LogP contribution >= 0.6 is 0 Å². The Morgan fingerprint density at radius 1 is 0.774 bits per heavy atom. The number of hydrogen-bond acceptors (Lipinski definition) is 0. The average molecular weight is 433 g/mol. The molecule has 6 atom stereocenters. The van der Waals surface area contributed by atoms with Crippen LogP contribution in [0.2, 0.25) is 0 Å². The second-order valence-electron chi connectivity index (χ2n) is 13.4. The number of hydrogen-bond donors (Lipinski definition) is 0. The molecular formula is C31H60. The molecule has 0 N–H and O–H groups in total. The van der Waals surface area contributed by atoms with Gasteiger partial charge in [0.05, 0.1) is 0 Å².